The molecular weight excluding hydrogens is 781 g/mol. The molecule has 0 aliphatic rings. The van der Waals surface area contributed by atoms with Gasteiger partial charge in [-0.05, 0) is 31.1 Å². The SMILES string of the molecule is CCCCCCCCCCCCCCCCC(=O)O[C@H](COC(=O)CCCCCCCCCCCCCCCCCCCCC(C)CC)COC(=O)CCCCCCCCC(C)C. The number of unbranched alkanes of at least 4 members (excludes halogenated alkanes) is 35. The third kappa shape index (κ3) is 49.7. The van der Waals surface area contributed by atoms with Gasteiger partial charge in [-0.25, -0.2) is 0 Å². The Labute approximate surface area is 393 Å². The molecular formula is C57H110O6. The summed E-state index contributed by atoms with van der Waals surface area (Å²) in [6.07, 6.45) is 52.5. The highest BCUT2D eigenvalue weighted by Crippen LogP contribution is 2.18. The Balaban J connectivity index is 4.17. The fourth-order valence-electron chi connectivity index (χ4n) is 8.66. The van der Waals surface area contributed by atoms with E-state index in [4.69, 9.17) is 14.2 Å². The van der Waals surface area contributed by atoms with Crippen molar-refractivity contribution in [3.05, 3.63) is 0 Å². The van der Waals surface area contributed by atoms with E-state index in [1.54, 1.807) is 0 Å². The molecule has 0 radical (unpaired) electrons. The van der Waals surface area contributed by atoms with Gasteiger partial charge in [-0.3, -0.25) is 14.4 Å². The average Bonchev–Trinajstić information content (AvgIpc) is 3.27. The zero-order valence-electron chi connectivity index (χ0n) is 43.2. The Morgan fingerprint density at radius 2 is 0.603 bits per heavy atom. The number of hydrogen-bond acceptors (Lipinski definition) is 6. The molecule has 0 aliphatic carbocycles. The zero-order chi connectivity index (χ0) is 46.1. The summed E-state index contributed by atoms with van der Waals surface area (Å²) >= 11 is 0. The monoisotopic (exact) mass is 891 g/mol. The highest BCUT2D eigenvalue weighted by molar-refractivity contribution is 5.71. The van der Waals surface area contributed by atoms with Gasteiger partial charge in [0.25, 0.3) is 0 Å². The van der Waals surface area contributed by atoms with Gasteiger partial charge in [-0.15, -0.1) is 0 Å². The van der Waals surface area contributed by atoms with Crippen LogP contribution in [-0.4, -0.2) is 37.2 Å². The van der Waals surface area contributed by atoms with Gasteiger partial charge in [-0.2, -0.15) is 0 Å². The van der Waals surface area contributed by atoms with Gasteiger partial charge >= 0.3 is 17.9 Å². The van der Waals surface area contributed by atoms with Crippen LogP contribution in [0.4, 0.5) is 0 Å². The highest BCUT2D eigenvalue weighted by atomic mass is 16.6. The van der Waals surface area contributed by atoms with E-state index in [1.165, 1.54) is 205 Å². The van der Waals surface area contributed by atoms with Crippen LogP contribution >= 0.6 is 0 Å². The maximum absolute atomic E-state index is 12.8. The molecule has 0 aliphatic heterocycles. The largest absolute Gasteiger partial charge is 0.462 e. The van der Waals surface area contributed by atoms with Crippen LogP contribution in [-0.2, 0) is 28.6 Å². The van der Waals surface area contributed by atoms with Crippen LogP contribution in [0.3, 0.4) is 0 Å². The molecule has 1 unspecified atom stereocenters. The van der Waals surface area contributed by atoms with Crippen molar-refractivity contribution in [1.29, 1.82) is 0 Å². The van der Waals surface area contributed by atoms with E-state index < -0.39 is 6.10 Å². The summed E-state index contributed by atoms with van der Waals surface area (Å²) in [5.41, 5.74) is 0. The molecule has 63 heavy (non-hydrogen) atoms. The number of carbonyl (C=O) groups is 3. The minimum atomic E-state index is -0.762. The molecule has 0 aromatic heterocycles. The molecule has 6 heteroatoms. The van der Waals surface area contributed by atoms with E-state index in [1.807, 2.05) is 0 Å². The minimum absolute atomic E-state index is 0.0638. The molecule has 0 fully saturated rings. The summed E-state index contributed by atoms with van der Waals surface area (Å²) in [4.78, 5) is 38.0. The van der Waals surface area contributed by atoms with Crippen molar-refractivity contribution in [2.45, 2.75) is 323 Å². The topological polar surface area (TPSA) is 78.9 Å². The number of rotatable bonds is 51. The molecule has 0 aromatic carbocycles. The van der Waals surface area contributed by atoms with Crippen molar-refractivity contribution in [2.24, 2.45) is 11.8 Å². The predicted molar refractivity (Wildman–Crippen MR) is 270 cm³/mol. The second-order valence-electron chi connectivity index (χ2n) is 20.3. The highest BCUT2D eigenvalue weighted by Gasteiger charge is 2.19. The first-order chi connectivity index (χ1) is 30.8. The van der Waals surface area contributed by atoms with Crippen LogP contribution in [0, 0.1) is 11.8 Å². The summed E-state index contributed by atoms with van der Waals surface area (Å²) in [6, 6.07) is 0. The molecule has 0 rings (SSSR count). The molecule has 0 saturated carbocycles. The average molecular weight is 892 g/mol. The Bertz CT molecular complexity index is 964. The van der Waals surface area contributed by atoms with Crippen molar-refractivity contribution in [3.63, 3.8) is 0 Å². The van der Waals surface area contributed by atoms with E-state index in [0.29, 0.717) is 19.3 Å². The van der Waals surface area contributed by atoms with E-state index in [9.17, 15) is 14.4 Å². The van der Waals surface area contributed by atoms with Crippen LogP contribution in [0.15, 0.2) is 0 Å². The first kappa shape index (κ1) is 61.4. The Morgan fingerprint density at radius 1 is 0.333 bits per heavy atom. The molecule has 0 aromatic rings. The maximum Gasteiger partial charge on any atom is 0.306 e. The van der Waals surface area contributed by atoms with Crippen molar-refractivity contribution in [1.82, 2.24) is 0 Å². The fraction of sp³-hybridized carbons (Fsp3) is 0.947. The van der Waals surface area contributed by atoms with Gasteiger partial charge in [0.15, 0.2) is 6.10 Å². The predicted octanol–water partition coefficient (Wildman–Crippen LogP) is 18.5. The normalized spacial score (nSPS) is 12.5. The fourth-order valence-corrected chi connectivity index (χ4v) is 8.66. The number of carbonyl (C=O) groups excluding carboxylic acids is 3. The smallest absolute Gasteiger partial charge is 0.306 e. The number of esters is 3. The minimum Gasteiger partial charge on any atom is -0.462 e. The second kappa shape index (κ2) is 49.8. The zero-order valence-corrected chi connectivity index (χ0v) is 43.2. The van der Waals surface area contributed by atoms with Crippen molar-refractivity contribution < 1.29 is 28.6 Å². The Kier molecular flexibility index (Phi) is 48.6. The van der Waals surface area contributed by atoms with Crippen molar-refractivity contribution >= 4 is 17.9 Å². The van der Waals surface area contributed by atoms with E-state index in [-0.39, 0.29) is 31.1 Å². The second-order valence-corrected chi connectivity index (χ2v) is 20.3. The Hall–Kier alpha value is -1.59. The third-order valence-corrected chi connectivity index (χ3v) is 13.3. The van der Waals surface area contributed by atoms with Gasteiger partial charge in [0, 0.05) is 19.3 Å². The molecule has 2 atom stereocenters. The molecule has 0 N–H and O–H groups in total. The third-order valence-electron chi connectivity index (χ3n) is 13.3. The van der Waals surface area contributed by atoms with Gasteiger partial charge in [0.1, 0.15) is 13.2 Å². The molecule has 0 spiro atoms. The summed E-state index contributed by atoms with van der Waals surface area (Å²) in [6.45, 7) is 11.4. The van der Waals surface area contributed by atoms with Gasteiger partial charge in [0.2, 0.25) is 0 Å². The van der Waals surface area contributed by atoms with Gasteiger partial charge in [0.05, 0.1) is 0 Å². The van der Waals surface area contributed by atoms with E-state index in [2.05, 4.69) is 34.6 Å². The lowest BCUT2D eigenvalue weighted by atomic mass is 9.99. The molecule has 6 nitrogen and oxygen atoms in total. The summed E-state index contributed by atoms with van der Waals surface area (Å²) in [5, 5.41) is 0. The first-order valence-corrected chi connectivity index (χ1v) is 28.3. The number of hydrogen-bond donors (Lipinski definition) is 0. The maximum atomic E-state index is 12.8. The summed E-state index contributed by atoms with van der Waals surface area (Å²) in [7, 11) is 0. The summed E-state index contributed by atoms with van der Waals surface area (Å²) < 4.78 is 16.8. The summed E-state index contributed by atoms with van der Waals surface area (Å²) in [5.74, 6) is 0.826. The van der Waals surface area contributed by atoms with Crippen molar-refractivity contribution in [3.8, 4) is 0 Å². The van der Waals surface area contributed by atoms with Crippen LogP contribution in [0.25, 0.3) is 0 Å². The van der Waals surface area contributed by atoms with E-state index >= 15 is 0 Å². The molecule has 0 amide bonds. The van der Waals surface area contributed by atoms with Crippen molar-refractivity contribution in [2.75, 3.05) is 13.2 Å². The number of ether oxygens (including phenoxy) is 3. The van der Waals surface area contributed by atoms with Crippen LogP contribution < -0.4 is 0 Å². The molecule has 374 valence electrons. The molecule has 0 bridgehead atoms. The molecule has 0 saturated heterocycles. The molecule has 0 heterocycles. The lowest BCUT2D eigenvalue weighted by molar-refractivity contribution is -0.167. The van der Waals surface area contributed by atoms with Gasteiger partial charge in [-0.1, -0.05) is 279 Å². The van der Waals surface area contributed by atoms with Crippen LogP contribution in [0.2, 0.25) is 0 Å². The lowest BCUT2D eigenvalue weighted by Gasteiger charge is -2.18. The standard InChI is InChI=1S/C57H110O6/c1-6-8-9-10-11-12-13-14-22-26-29-32-39-44-49-57(60)63-54(51-62-56(59)48-43-38-34-33-35-40-45-52(3)4)50-61-55(58)47-42-37-31-28-25-23-20-18-16-15-17-19-21-24-27-30-36-41-46-53(5)7-2/h52-54H,6-51H2,1-5H3/t53?,54-/m1/s1. The van der Waals surface area contributed by atoms with Crippen LogP contribution in [0.5, 0.6) is 0 Å². The van der Waals surface area contributed by atoms with Crippen LogP contribution in [0.1, 0.15) is 317 Å². The first-order valence-electron chi connectivity index (χ1n) is 28.3. The Morgan fingerprint density at radius 3 is 0.905 bits per heavy atom. The quantitative estimate of drug-likeness (QED) is 0.0344. The van der Waals surface area contributed by atoms with E-state index in [0.717, 1.165) is 69.6 Å². The van der Waals surface area contributed by atoms with Gasteiger partial charge < -0.3 is 14.2 Å². The lowest BCUT2D eigenvalue weighted by Crippen LogP contribution is -2.30.